The highest BCUT2D eigenvalue weighted by atomic mass is 35.5. The Labute approximate surface area is 104 Å². The van der Waals surface area contributed by atoms with E-state index in [1.165, 1.54) is 0 Å². The van der Waals surface area contributed by atoms with Crippen molar-refractivity contribution in [3.05, 3.63) is 33.8 Å². The van der Waals surface area contributed by atoms with Crippen LogP contribution in [0.15, 0.2) is 18.2 Å². The summed E-state index contributed by atoms with van der Waals surface area (Å²) in [6.45, 7) is 1.86. The molecule has 0 bridgehead atoms. The van der Waals surface area contributed by atoms with E-state index in [0.29, 0.717) is 10.0 Å². The molecule has 0 heterocycles. The zero-order chi connectivity index (χ0) is 12.1. The minimum absolute atomic E-state index is 0.153. The maximum absolute atomic E-state index is 11.4. The summed E-state index contributed by atoms with van der Waals surface area (Å²) in [7, 11) is 0. The lowest BCUT2D eigenvalue weighted by molar-refractivity contribution is -0.120. The minimum Gasteiger partial charge on any atom is -0.392 e. The first kappa shape index (κ1) is 13.3. The van der Waals surface area contributed by atoms with E-state index in [4.69, 9.17) is 28.3 Å². The largest absolute Gasteiger partial charge is 0.392 e. The van der Waals surface area contributed by atoms with Gasteiger partial charge in [-0.25, -0.2) is 0 Å². The van der Waals surface area contributed by atoms with Gasteiger partial charge in [-0.1, -0.05) is 29.3 Å². The lowest BCUT2D eigenvalue weighted by atomic mass is 10.1. The van der Waals surface area contributed by atoms with Gasteiger partial charge in [-0.2, -0.15) is 0 Å². The van der Waals surface area contributed by atoms with Gasteiger partial charge in [0.15, 0.2) is 0 Å². The van der Waals surface area contributed by atoms with Crippen molar-refractivity contribution < 1.29 is 9.90 Å². The zero-order valence-electron chi connectivity index (χ0n) is 8.84. The van der Waals surface area contributed by atoms with E-state index in [1.807, 2.05) is 0 Å². The third-order valence-corrected chi connectivity index (χ3v) is 2.68. The third kappa shape index (κ3) is 4.39. The Hall–Kier alpha value is -0.770. The predicted octanol–water partition coefficient (Wildman–Crippen LogP) is 2.03. The summed E-state index contributed by atoms with van der Waals surface area (Å²) < 4.78 is 0. The van der Waals surface area contributed by atoms with Gasteiger partial charge in [0.1, 0.15) is 0 Å². The van der Waals surface area contributed by atoms with Crippen molar-refractivity contribution in [3.8, 4) is 0 Å². The molecule has 0 spiro atoms. The molecular formula is C11H13Cl2NO2. The van der Waals surface area contributed by atoms with Gasteiger partial charge >= 0.3 is 0 Å². The van der Waals surface area contributed by atoms with Crippen LogP contribution in [-0.4, -0.2) is 23.7 Å². The van der Waals surface area contributed by atoms with Crippen molar-refractivity contribution in [1.82, 2.24) is 5.32 Å². The van der Waals surface area contributed by atoms with Gasteiger partial charge in [0.05, 0.1) is 22.6 Å². The van der Waals surface area contributed by atoms with Crippen LogP contribution in [0.5, 0.6) is 0 Å². The minimum atomic E-state index is -0.544. The van der Waals surface area contributed by atoms with Gasteiger partial charge in [-0.3, -0.25) is 4.79 Å². The highest BCUT2D eigenvalue weighted by Crippen LogP contribution is 2.22. The first-order chi connectivity index (χ1) is 7.49. The van der Waals surface area contributed by atoms with Crippen LogP contribution < -0.4 is 5.32 Å². The predicted molar refractivity (Wildman–Crippen MR) is 64.9 cm³/mol. The SMILES string of the molecule is CC(O)CNC(=O)Cc1ccc(Cl)c(Cl)c1. The monoisotopic (exact) mass is 261 g/mol. The lowest BCUT2D eigenvalue weighted by Gasteiger charge is -2.07. The molecule has 5 heteroatoms. The van der Waals surface area contributed by atoms with E-state index in [0.717, 1.165) is 5.56 Å². The molecule has 0 saturated carbocycles. The maximum atomic E-state index is 11.4. The summed E-state index contributed by atoms with van der Waals surface area (Å²) >= 11 is 11.6. The Balaban J connectivity index is 2.53. The van der Waals surface area contributed by atoms with Crippen LogP contribution in [0.3, 0.4) is 0 Å². The van der Waals surface area contributed by atoms with Crippen molar-refractivity contribution >= 4 is 29.1 Å². The average molecular weight is 262 g/mol. The Bertz CT molecular complexity index is 380. The summed E-state index contributed by atoms with van der Waals surface area (Å²) in [4.78, 5) is 11.4. The van der Waals surface area contributed by atoms with Crippen LogP contribution in [0, 0.1) is 0 Å². The van der Waals surface area contributed by atoms with E-state index in [9.17, 15) is 4.79 Å². The summed E-state index contributed by atoms with van der Waals surface area (Å²) in [6, 6.07) is 5.06. The van der Waals surface area contributed by atoms with Crippen molar-refractivity contribution in [2.45, 2.75) is 19.4 Å². The second kappa shape index (κ2) is 6.09. The molecule has 16 heavy (non-hydrogen) atoms. The lowest BCUT2D eigenvalue weighted by Crippen LogP contribution is -2.31. The number of halogens is 2. The standard InChI is InChI=1S/C11H13Cl2NO2/c1-7(15)6-14-11(16)5-8-2-3-9(12)10(13)4-8/h2-4,7,15H,5-6H2,1H3,(H,14,16). The van der Waals surface area contributed by atoms with Gasteiger partial charge in [0, 0.05) is 6.54 Å². The molecule has 1 unspecified atom stereocenters. The molecule has 3 nitrogen and oxygen atoms in total. The number of nitrogens with one attached hydrogen (secondary N) is 1. The molecule has 1 amide bonds. The van der Waals surface area contributed by atoms with Crippen molar-refractivity contribution in [2.24, 2.45) is 0 Å². The second-order valence-corrected chi connectivity index (χ2v) is 4.39. The van der Waals surface area contributed by atoms with Gasteiger partial charge < -0.3 is 10.4 Å². The number of carbonyl (C=O) groups excluding carboxylic acids is 1. The van der Waals surface area contributed by atoms with Crippen molar-refractivity contribution in [2.75, 3.05) is 6.54 Å². The molecule has 0 aliphatic rings. The van der Waals surface area contributed by atoms with Gasteiger partial charge in [0.25, 0.3) is 0 Å². The number of rotatable bonds is 4. The van der Waals surface area contributed by atoms with E-state index >= 15 is 0 Å². The third-order valence-electron chi connectivity index (χ3n) is 1.94. The first-order valence-corrected chi connectivity index (χ1v) is 5.63. The zero-order valence-corrected chi connectivity index (χ0v) is 10.3. The fourth-order valence-electron chi connectivity index (χ4n) is 1.16. The van der Waals surface area contributed by atoms with E-state index < -0.39 is 6.10 Å². The highest BCUT2D eigenvalue weighted by Gasteiger charge is 2.06. The Kier molecular flexibility index (Phi) is 5.06. The molecule has 1 rings (SSSR count). The normalized spacial score (nSPS) is 12.2. The van der Waals surface area contributed by atoms with Crippen LogP contribution in [0.4, 0.5) is 0 Å². The molecule has 0 radical (unpaired) electrons. The number of carbonyl (C=O) groups is 1. The maximum Gasteiger partial charge on any atom is 0.224 e. The molecule has 1 aromatic carbocycles. The highest BCUT2D eigenvalue weighted by molar-refractivity contribution is 6.42. The first-order valence-electron chi connectivity index (χ1n) is 4.87. The molecular weight excluding hydrogens is 249 g/mol. The molecule has 0 aliphatic heterocycles. The number of hydrogen-bond acceptors (Lipinski definition) is 2. The molecule has 1 aromatic rings. The van der Waals surface area contributed by atoms with Gasteiger partial charge in [0.2, 0.25) is 5.91 Å². The smallest absolute Gasteiger partial charge is 0.224 e. The molecule has 0 aliphatic carbocycles. The summed E-state index contributed by atoms with van der Waals surface area (Å²) in [5, 5.41) is 12.5. The van der Waals surface area contributed by atoms with E-state index in [-0.39, 0.29) is 18.9 Å². The van der Waals surface area contributed by atoms with Crippen molar-refractivity contribution in [1.29, 1.82) is 0 Å². The summed E-state index contributed by atoms with van der Waals surface area (Å²) in [5.41, 5.74) is 0.789. The molecule has 0 saturated heterocycles. The Morgan fingerprint density at radius 2 is 2.12 bits per heavy atom. The summed E-state index contributed by atoms with van der Waals surface area (Å²) in [5.74, 6) is -0.153. The number of hydrogen-bond donors (Lipinski definition) is 2. The van der Waals surface area contributed by atoms with Crippen LogP contribution in [-0.2, 0) is 11.2 Å². The quantitative estimate of drug-likeness (QED) is 0.872. The van der Waals surface area contributed by atoms with Crippen LogP contribution >= 0.6 is 23.2 Å². The molecule has 2 N–H and O–H groups in total. The van der Waals surface area contributed by atoms with Crippen molar-refractivity contribution in [3.63, 3.8) is 0 Å². The van der Waals surface area contributed by atoms with Crippen LogP contribution in [0.2, 0.25) is 10.0 Å². The number of aliphatic hydroxyl groups excluding tert-OH is 1. The van der Waals surface area contributed by atoms with Crippen LogP contribution in [0.25, 0.3) is 0 Å². The second-order valence-electron chi connectivity index (χ2n) is 3.58. The van der Waals surface area contributed by atoms with Gasteiger partial charge in [-0.05, 0) is 24.6 Å². The Morgan fingerprint density at radius 1 is 1.44 bits per heavy atom. The van der Waals surface area contributed by atoms with E-state index in [2.05, 4.69) is 5.32 Å². The molecule has 88 valence electrons. The number of benzene rings is 1. The summed E-state index contributed by atoms with van der Waals surface area (Å²) in [6.07, 6.45) is -0.318. The molecule has 1 atom stereocenters. The average Bonchev–Trinajstić information content (AvgIpc) is 2.21. The van der Waals surface area contributed by atoms with E-state index in [1.54, 1.807) is 25.1 Å². The molecule has 0 aromatic heterocycles. The fraction of sp³-hybridized carbons (Fsp3) is 0.364. The van der Waals surface area contributed by atoms with Crippen LogP contribution in [0.1, 0.15) is 12.5 Å². The topological polar surface area (TPSA) is 49.3 Å². The van der Waals surface area contributed by atoms with Gasteiger partial charge in [-0.15, -0.1) is 0 Å². The Morgan fingerprint density at radius 3 is 2.69 bits per heavy atom. The fourth-order valence-corrected chi connectivity index (χ4v) is 1.48. The number of aliphatic hydroxyl groups is 1. The number of amides is 1. The molecule has 0 fully saturated rings.